The Hall–Kier alpha value is -1.32. The van der Waals surface area contributed by atoms with Gasteiger partial charge in [-0.15, -0.1) is 0 Å². The van der Waals surface area contributed by atoms with Gasteiger partial charge in [0.15, 0.2) is 0 Å². The second-order valence-corrected chi connectivity index (χ2v) is 4.02. The molecule has 0 saturated carbocycles. The summed E-state index contributed by atoms with van der Waals surface area (Å²) < 4.78 is 0. The van der Waals surface area contributed by atoms with Gasteiger partial charge in [-0.1, -0.05) is 26.0 Å². The van der Waals surface area contributed by atoms with Gasteiger partial charge in [-0.05, 0) is 12.8 Å². The summed E-state index contributed by atoms with van der Waals surface area (Å²) in [5, 5.41) is 2.62. The van der Waals surface area contributed by atoms with Crippen LogP contribution in [0.2, 0.25) is 0 Å². The Bertz CT molecular complexity index is 284. The van der Waals surface area contributed by atoms with Crippen LogP contribution in [0, 0.1) is 5.92 Å². The van der Waals surface area contributed by atoms with Crippen molar-refractivity contribution >= 4 is 11.8 Å². The summed E-state index contributed by atoms with van der Waals surface area (Å²) in [6.07, 6.45) is 3.78. The van der Waals surface area contributed by atoms with E-state index >= 15 is 0 Å². The minimum Gasteiger partial charge on any atom is -0.345 e. The highest BCUT2D eigenvalue weighted by molar-refractivity contribution is 5.95. The topological polar surface area (TPSA) is 49.4 Å². The molecule has 1 unspecified atom stereocenters. The van der Waals surface area contributed by atoms with E-state index in [4.69, 9.17) is 0 Å². The number of amides is 2. The van der Waals surface area contributed by atoms with Gasteiger partial charge < -0.3 is 10.2 Å². The van der Waals surface area contributed by atoms with Crippen molar-refractivity contribution in [1.29, 1.82) is 0 Å². The number of nitrogens with zero attached hydrogens (tertiary/aromatic N) is 1. The number of rotatable bonds is 3. The van der Waals surface area contributed by atoms with Crippen LogP contribution >= 0.6 is 0 Å². The van der Waals surface area contributed by atoms with Gasteiger partial charge in [0.05, 0.1) is 6.54 Å². The van der Waals surface area contributed by atoms with Crippen molar-refractivity contribution in [3.05, 3.63) is 12.2 Å². The number of nitrogens with one attached hydrogen (secondary N) is 1. The zero-order valence-corrected chi connectivity index (χ0v) is 9.49. The second-order valence-electron chi connectivity index (χ2n) is 4.02. The molecule has 2 amide bonds. The Morgan fingerprint density at radius 3 is 2.73 bits per heavy atom. The predicted octanol–water partition coefficient (Wildman–Crippen LogP) is 0.545. The van der Waals surface area contributed by atoms with E-state index in [1.54, 1.807) is 4.90 Å². The molecule has 4 heteroatoms. The first-order valence-corrected chi connectivity index (χ1v) is 5.26. The second kappa shape index (κ2) is 4.96. The zero-order valence-electron chi connectivity index (χ0n) is 9.49. The summed E-state index contributed by atoms with van der Waals surface area (Å²) in [6, 6.07) is -0.331. The lowest BCUT2D eigenvalue weighted by molar-refractivity contribution is -0.146. The third-order valence-corrected chi connectivity index (χ3v) is 2.51. The summed E-state index contributed by atoms with van der Waals surface area (Å²) in [6.45, 7) is 6.45. The van der Waals surface area contributed by atoms with Gasteiger partial charge in [-0.25, -0.2) is 0 Å². The molecule has 1 aliphatic rings. The molecule has 15 heavy (non-hydrogen) atoms. The van der Waals surface area contributed by atoms with Gasteiger partial charge >= 0.3 is 0 Å². The maximum absolute atomic E-state index is 11.6. The standard InChI is InChI=1S/C11H18N2O2/c1-4-5-6-13-9(14)7-12-11(15)10(13)8(2)3/h4-5,8,10H,6-7H2,1-3H3,(H,12,15)/b5-4+. The average Bonchev–Trinajstić information content (AvgIpc) is 2.18. The Balaban J connectivity index is 2.82. The van der Waals surface area contributed by atoms with Gasteiger partial charge in [0.25, 0.3) is 0 Å². The van der Waals surface area contributed by atoms with Crippen molar-refractivity contribution in [3.63, 3.8) is 0 Å². The molecule has 0 aliphatic carbocycles. The maximum Gasteiger partial charge on any atom is 0.243 e. The molecule has 1 atom stereocenters. The number of hydrogen-bond acceptors (Lipinski definition) is 2. The first kappa shape index (κ1) is 11.8. The van der Waals surface area contributed by atoms with Gasteiger partial charge in [0.1, 0.15) is 6.04 Å². The van der Waals surface area contributed by atoms with Crippen molar-refractivity contribution in [2.75, 3.05) is 13.1 Å². The Morgan fingerprint density at radius 2 is 2.20 bits per heavy atom. The highest BCUT2D eigenvalue weighted by Crippen LogP contribution is 2.14. The third-order valence-electron chi connectivity index (χ3n) is 2.51. The van der Waals surface area contributed by atoms with E-state index in [1.807, 2.05) is 32.9 Å². The highest BCUT2D eigenvalue weighted by atomic mass is 16.2. The normalized spacial score (nSPS) is 22.7. The summed E-state index contributed by atoms with van der Waals surface area (Å²) in [4.78, 5) is 24.9. The molecule has 0 aromatic carbocycles. The molecule has 0 bridgehead atoms. The van der Waals surface area contributed by atoms with E-state index in [2.05, 4.69) is 5.32 Å². The minimum atomic E-state index is -0.331. The number of carbonyl (C=O) groups excluding carboxylic acids is 2. The van der Waals surface area contributed by atoms with Crippen LogP contribution in [0.3, 0.4) is 0 Å². The van der Waals surface area contributed by atoms with E-state index < -0.39 is 0 Å². The van der Waals surface area contributed by atoms with Crippen LogP contribution in [-0.2, 0) is 9.59 Å². The smallest absolute Gasteiger partial charge is 0.243 e. The molecule has 1 fully saturated rings. The van der Waals surface area contributed by atoms with Gasteiger partial charge in [-0.2, -0.15) is 0 Å². The summed E-state index contributed by atoms with van der Waals surface area (Å²) >= 11 is 0. The predicted molar refractivity (Wildman–Crippen MR) is 58.2 cm³/mol. The summed E-state index contributed by atoms with van der Waals surface area (Å²) in [5.74, 6) is 0.0833. The first-order valence-electron chi connectivity index (χ1n) is 5.26. The molecule has 1 N–H and O–H groups in total. The van der Waals surface area contributed by atoms with Crippen molar-refractivity contribution in [1.82, 2.24) is 10.2 Å². The van der Waals surface area contributed by atoms with Crippen LogP contribution < -0.4 is 5.32 Å². The van der Waals surface area contributed by atoms with Crippen molar-refractivity contribution in [3.8, 4) is 0 Å². The number of hydrogen-bond donors (Lipinski definition) is 1. The lowest BCUT2D eigenvalue weighted by Crippen LogP contribution is -2.60. The summed E-state index contributed by atoms with van der Waals surface area (Å²) in [7, 11) is 0. The molecule has 4 nitrogen and oxygen atoms in total. The highest BCUT2D eigenvalue weighted by Gasteiger charge is 2.35. The van der Waals surface area contributed by atoms with Crippen molar-refractivity contribution in [2.45, 2.75) is 26.8 Å². The molecule has 0 aromatic rings. The summed E-state index contributed by atoms with van der Waals surface area (Å²) in [5.41, 5.74) is 0. The molecule has 1 rings (SSSR count). The fourth-order valence-corrected chi connectivity index (χ4v) is 1.76. The number of carbonyl (C=O) groups is 2. The molecular weight excluding hydrogens is 192 g/mol. The first-order chi connectivity index (χ1) is 7.07. The van der Waals surface area contributed by atoms with E-state index in [0.717, 1.165) is 0 Å². The van der Waals surface area contributed by atoms with Crippen molar-refractivity contribution in [2.24, 2.45) is 5.92 Å². The molecule has 0 radical (unpaired) electrons. The molecule has 0 aromatic heterocycles. The van der Waals surface area contributed by atoms with E-state index in [0.29, 0.717) is 6.54 Å². The lowest BCUT2D eigenvalue weighted by Gasteiger charge is -2.36. The van der Waals surface area contributed by atoms with Crippen LogP contribution in [0.5, 0.6) is 0 Å². The zero-order chi connectivity index (χ0) is 11.4. The van der Waals surface area contributed by atoms with E-state index in [9.17, 15) is 9.59 Å². The van der Waals surface area contributed by atoms with Crippen LogP contribution in [-0.4, -0.2) is 35.8 Å². The van der Waals surface area contributed by atoms with E-state index in [1.165, 1.54) is 0 Å². The third kappa shape index (κ3) is 2.58. The monoisotopic (exact) mass is 210 g/mol. The number of piperazine rings is 1. The molecule has 0 spiro atoms. The number of allylic oxidation sites excluding steroid dienone is 1. The lowest BCUT2D eigenvalue weighted by atomic mass is 9.99. The maximum atomic E-state index is 11.6. The fourth-order valence-electron chi connectivity index (χ4n) is 1.76. The molecular formula is C11H18N2O2. The Morgan fingerprint density at radius 1 is 1.53 bits per heavy atom. The Kier molecular flexibility index (Phi) is 3.88. The molecule has 84 valence electrons. The van der Waals surface area contributed by atoms with Crippen LogP contribution in [0.25, 0.3) is 0 Å². The average molecular weight is 210 g/mol. The quantitative estimate of drug-likeness (QED) is 0.691. The molecule has 1 heterocycles. The largest absolute Gasteiger partial charge is 0.345 e. The fraction of sp³-hybridized carbons (Fsp3) is 0.636. The Labute approximate surface area is 90.3 Å². The van der Waals surface area contributed by atoms with Crippen LogP contribution in [0.4, 0.5) is 0 Å². The van der Waals surface area contributed by atoms with Gasteiger partial charge in [0, 0.05) is 6.54 Å². The van der Waals surface area contributed by atoms with Crippen LogP contribution in [0.1, 0.15) is 20.8 Å². The van der Waals surface area contributed by atoms with E-state index in [-0.39, 0.29) is 30.3 Å². The SMILES string of the molecule is C/C=C/CN1C(=O)CNC(=O)C1C(C)C. The minimum absolute atomic E-state index is 0.00796. The molecule has 1 saturated heterocycles. The van der Waals surface area contributed by atoms with Gasteiger partial charge in [0.2, 0.25) is 11.8 Å². The van der Waals surface area contributed by atoms with Crippen LogP contribution in [0.15, 0.2) is 12.2 Å². The van der Waals surface area contributed by atoms with Gasteiger partial charge in [-0.3, -0.25) is 9.59 Å². The molecule has 1 aliphatic heterocycles. The van der Waals surface area contributed by atoms with Crippen molar-refractivity contribution < 1.29 is 9.59 Å².